The van der Waals surface area contributed by atoms with Crippen LogP contribution in [0.15, 0.2) is 47.6 Å². The second kappa shape index (κ2) is 6.58. The number of aryl methyl sites for hydroxylation is 1. The topological polar surface area (TPSA) is 68.3 Å². The first-order valence-corrected chi connectivity index (χ1v) is 8.17. The normalized spacial score (nSPS) is 11.1. The van der Waals surface area contributed by atoms with Gasteiger partial charge >= 0.3 is 0 Å². The SMILES string of the molecule is CCCOc1cc(C)ccc1S(=O)(=O)Nc1cccnc1. The Morgan fingerprint density at radius 1 is 1.29 bits per heavy atom. The van der Waals surface area contributed by atoms with Gasteiger partial charge in [-0.1, -0.05) is 13.0 Å². The fourth-order valence-corrected chi connectivity index (χ4v) is 2.97. The van der Waals surface area contributed by atoms with Gasteiger partial charge in [0.1, 0.15) is 10.6 Å². The molecule has 0 aliphatic rings. The van der Waals surface area contributed by atoms with Crippen LogP contribution in [-0.2, 0) is 10.0 Å². The van der Waals surface area contributed by atoms with E-state index in [1.165, 1.54) is 6.20 Å². The van der Waals surface area contributed by atoms with Gasteiger partial charge < -0.3 is 4.74 Å². The number of pyridine rings is 1. The molecule has 2 aromatic rings. The van der Waals surface area contributed by atoms with E-state index in [2.05, 4.69) is 9.71 Å². The highest BCUT2D eigenvalue weighted by Gasteiger charge is 2.20. The molecule has 1 aromatic heterocycles. The first-order valence-electron chi connectivity index (χ1n) is 6.69. The van der Waals surface area contributed by atoms with Gasteiger partial charge in [-0.05, 0) is 43.2 Å². The van der Waals surface area contributed by atoms with Gasteiger partial charge in [-0.15, -0.1) is 0 Å². The van der Waals surface area contributed by atoms with Gasteiger partial charge in [0.15, 0.2) is 0 Å². The van der Waals surface area contributed by atoms with E-state index in [1.807, 2.05) is 13.8 Å². The number of aromatic nitrogens is 1. The molecule has 0 fully saturated rings. The molecular formula is C15H18N2O3S. The maximum absolute atomic E-state index is 12.5. The molecule has 0 saturated carbocycles. The van der Waals surface area contributed by atoms with Crippen molar-refractivity contribution in [1.29, 1.82) is 0 Å². The van der Waals surface area contributed by atoms with Crippen LogP contribution in [-0.4, -0.2) is 20.0 Å². The van der Waals surface area contributed by atoms with Gasteiger partial charge in [-0.25, -0.2) is 8.42 Å². The molecule has 6 heteroatoms. The average Bonchev–Trinajstić information content (AvgIpc) is 2.45. The van der Waals surface area contributed by atoms with Crippen molar-refractivity contribution in [2.45, 2.75) is 25.2 Å². The van der Waals surface area contributed by atoms with Crippen LogP contribution in [0.3, 0.4) is 0 Å². The van der Waals surface area contributed by atoms with Crippen LogP contribution in [0.5, 0.6) is 5.75 Å². The summed E-state index contributed by atoms with van der Waals surface area (Å²) in [5.41, 5.74) is 1.36. The Hall–Kier alpha value is -2.08. The predicted octanol–water partition coefficient (Wildman–Crippen LogP) is 2.98. The van der Waals surface area contributed by atoms with Crippen molar-refractivity contribution >= 4 is 15.7 Å². The molecule has 2 rings (SSSR count). The summed E-state index contributed by atoms with van der Waals surface area (Å²) >= 11 is 0. The summed E-state index contributed by atoms with van der Waals surface area (Å²) < 4.78 is 33.0. The van der Waals surface area contributed by atoms with Crippen molar-refractivity contribution in [1.82, 2.24) is 4.98 Å². The quantitative estimate of drug-likeness (QED) is 0.891. The van der Waals surface area contributed by atoms with Crippen LogP contribution >= 0.6 is 0 Å². The van der Waals surface area contributed by atoms with Crippen LogP contribution in [0, 0.1) is 6.92 Å². The summed E-state index contributed by atoms with van der Waals surface area (Å²) in [6.07, 6.45) is 3.85. The number of hydrogen-bond donors (Lipinski definition) is 1. The monoisotopic (exact) mass is 306 g/mol. The van der Waals surface area contributed by atoms with E-state index in [4.69, 9.17) is 4.74 Å². The number of nitrogens with one attached hydrogen (secondary N) is 1. The van der Waals surface area contributed by atoms with E-state index >= 15 is 0 Å². The Morgan fingerprint density at radius 2 is 2.10 bits per heavy atom. The highest BCUT2D eigenvalue weighted by molar-refractivity contribution is 7.92. The third-order valence-electron chi connectivity index (χ3n) is 2.76. The van der Waals surface area contributed by atoms with Crippen molar-refractivity contribution in [3.63, 3.8) is 0 Å². The molecule has 21 heavy (non-hydrogen) atoms. The molecule has 0 unspecified atom stereocenters. The molecule has 1 aromatic carbocycles. The lowest BCUT2D eigenvalue weighted by atomic mass is 10.2. The number of rotatable bonds is 6. The second-order valence-corrected chi connectivity index (χ2v) is 6.30. The molecule has 0 spiro atoms. The zero-order chi connectivity index (χ0) is 15.3. The molecule has 0 radical (unpaired) electrons. The van der Waals surface area contributed by atoms with Crippen molar-refractivity contribution in [3.05, 3.63) is 48.3 Å². The number of hydrogen-bond acceptors (Lipinski definition) is 4. The van der Waals surface area contributed by atoms with Gasteiger partial charge in [0.2, 0.25) is 0 Å². The van der Waals surface area contributed by atoms with Crippen LogP contribution in [0.25, 0.3) is 0 Å². The van der Waals surface area contributed by atoms with E-state index in [0.29, 0.717) is 18.0 Å². The standard InChI is InChI=1S/C15H18N2O3S/c1-3-9-20-14-10-12(2)6-7-15(14)21(18,19)17-13-5-4-8-16-11-13/h4-8,10-11,17H,3,9H2,1-2H3. The molecule has 0 atom stereocenters. The minimum atomic E-state index is -3.71. The first kappa shape index (κ1) is 15.3. The van der Waals surface area contributed by atoms with Gasteiger partial charge in [0, 0.05) is 6.20 Å². The largest absolute Gasteiger partial charge is 0.492 e. The molecule has 0 bridgehead atoms. The van der Waals surface area contributed by atoms with Crippen molar-refractivity contribution in [3.8, 4) is 5.75 Å². The van der Waals surface area contributed by atoms with E-state index < -0.39 is 10.0 Å². The molecule has 1 N–H and O–H groups in total. The Balaban J connectivity index is 2.35. The Labute approximate surface area is 125 Å². The number of benzene rings is 1. The Morgan fingerprint density at radius 3 is 2.76 bits per heavy atom. The minimum absolute atomic E-state index is 0.130. The summed E-state index contributed by atoms with van der Waals surface area (Å²) in [5.74, 6) is 0.369. The Kier molecular flexibility index (Phi) is 4.80. The lowest BCUT2D eigenvalue weighted by Crippen LogP contribution is -2.15. The summed E-state index contributed by atoms with van der Waals surface area (Å²) in [6, 6.07) is 8.34. The van der Waals surface area contributed by atoms with Crippen LogP contribution < -0.4 is 9.46 Å². The van der Waals surface area contributed by atoms with E-state index in [9.17, 15) is 8.42 Å². The van der Waals surface area contributed by atoms with Gasteiger partial charge in [0.25, 0.3) is 10.0 Å². The molecule has 0 aliphatic heterocycles. The number of ether oxygens (including phenoxy) is 1. The van der Waals surface area contributed by atoms with E-state index in [0.717, 1.165) is 12.0 Å². The summed E-state index contributed by atoms with van der Waals surface area (Å²) in [4.78, 5) is 4.02. The smallest absolute Gasteiger partial charge is 0.265 e. The first-order chi connectivity index (χ1) is 10.0. The molecule has 5 nitrogen and oxygen atoms in total. The minimum Gasteiger partial charge on any atom is -0.492 e. The molecule has 112 valence electrons. The second-order valence-electron chi connectivity index (χ2n) is 4.65. The zero-order valence-electron chi connectivity index (χ0n) is 12.0. The van der Waals surface area contributed by atoms with Crippen molar-refractivity contribution in [2.24, 2.45) is 0 Å². The maximum atomic E-state index is 12.5. The van der Waals surface area contributed by atoms with E-state index in [1.54, 1.807) is 36.5 Å². The summed E-state index contributed by atoms with van der Waals surface area (Å²) in [5, 5.41) is 0. The Bertz CT molecular complexity index is 700. The van der Waals surface area contributed by atoms with Gasteiger partial charge in [-0.2, -0.15) is 0 Å². The van der Waals surface area contributed by atoms with Crippen molar-refractivity contribution in [2.75, 3.05) is 11.3 Å². The van der Waals surface area contributed by atoms with Crippen LogP contribution in [0.1, 0.15) is 18.9 Å². The highest BCUT2D eigenvalue weighted by atomic mass is 32.2. The lowest BCUT2D eigenvalue weighted by molar-refractivity contribution is 0.309. The van der Waals surface area contributed by atoms with E-state index in [-0.39, 0.29) is 4.90 Å². The third kappa shape index (κ3) is 3.95. The average molecular weight is 306 g/mol. The number of anilines is 1. The van der Waals surface area contributed by atoms with Crippen LogP contribution in [0.2, 0.25) is 0 Å². The fraction of sp³-hybridized carbons (Fsp3) is 0.267. The fourth-order valence-electron chi connectivity index (χ4n) is 1.80. The number of sulfonamides is 1. The molecule has 0 amide bonds. The number of nitrogens with zero attached hydrogens (tertiary/aromatic N) is 1. The molecular weight excluding hydrogens is 288 g/mol. The lowest BCUT2D eigenvalue weighted by Gasteiger charge is -2.13. The summed E-state index contributed by atoms with van der Waals surface area (Å²) in [6.45, 7) is 4.33. The maximum Gasteiger partial charge on any atom is 0.265 e. The van der Waals surface area contributed by atoms with Gasteiger partial charge in [0.05, 0.1) is 18.5 Å². The predicted molar refractivity (Wildman–Crippen MR) is 82.0 cm³/mol. The third-order valence-corrected chi connectivity index (χ3v) is 4.18. The van der Waals surface area contributed by atoms with Gasteiger partial charge in [-0.3, -0.25) is 9.71 Å². The highest BCUT2D eigenvalue weighted by Crippen LogP contribution is 2.27. The van der Waals surface area contributed by atoms with Crippen LogP contribution in [0.4, 0.5) is 5.69 Å². The molecule has 0 aliphatic carbocycles. The van der Waals surface area contributed by atoms with Crippen molar-refractivity contribution < 1.29 is 13.2 Å². The molecule has 1 heterocycles. The molecule has 0 saturated heterocycles. The summed E-state index contributed by atoms with van der Waals surface area (Å²) in [7, 11) is -3.71. The zero-order valence-corrected chi connectivity index (χ0v) is 12.9.